The van der Waals surface area contributed by atoms with Gasteiger partial charge in [0.15, 0.2) is 0 Å². The van der Waals surface area contributed by atoms with E-state index in [0.29, 0.717) is 5.56 Å². The van der Waals surface area contributed by atoms with Gasteiger partial charge in [0.25, 0.3) is 5.91 Å². The summed E-state index contributed by atoms with van der Waals surface area (Å²) in [5, 5.41) is 8.93. The SMILES string of the molecule is Cc1cc(C(=O)Nc2ccc(-c3csnn3)cc2)c(C)n1-c1ccccc1. The van der Waals surface area contributed by atoms with Gasteiger partial charge in [0.2, 0.25) is 0 Å². The largest absolute Gasteiger partial charge is 0.322 e. The number of amides is 1. The second-order valence-corrected chi connectivity index (χ2v) is 6.89. The molecule has 5 nitrogen and oxygen atoms in total. The number of anilines is 1. The number of rotatable bonds is 4. The number of nitrogens with zero attached hydrogens (tertiary/aromatic N) is 3. The van der Waals surface area contributed by atoms with Crippen LogP contribution in [0.5, 0.6) is 0 Å². The number of aryl methyl sites for hydroxylation is 1. The van der Waals surface area contributed by atoms with Crippen LogP contribution in [0.1, 0.15) is 21.7 Å². The molecule has 0 aliphatic heterocycles. The standard InChI is InChI=1S/C21H18N4OS/c1-14-12-19(15(2)25(14)18-6-4-3-5-7-18)21(26)22-17-10-8-16(9-11-17)20-13-27-24-23-20/h3-13H,1-2H3,(H,22,26). The van der Waals surface area contributed by atoms with Crippen molar-refractivity contribution < 1.29 is 4.79 Å². The molecule has 27 heavy (non-hydrogen) atoms. The number of hydrogen-bond donors (Lipinski definition) is 1. The number of para-hydroxylation sites is 1. The second-order valence-electron chi connectivity index (χ2n) is 6.28. The van der Waals surface area contributed by atoms with Crippen molar-refractivity contribution in [3.05, 3.63) is 83.0 Å². The van der Waals surface area contributed by atoms with Gasteiger partial charge in [-0.3, -0.25) is 4.79 Å². The van der Waals surface area contributed by atoms with E-state index in [1.165, 1.54) is 11.5 Å². The van der Waals surface area contributed by atoms with Gasteiger partial charge >= 0.3 is 0 Å². The van der Waals surface area contributed by atoms with Crippen molar-refractivity contribution >= 4 is 23.1 Å². The number of benzene rings is 2. The Morgan fingerprint density at radius 3 is 2.44 bits per heavy atom. The molecule has 6 heteroatoms. The topological polar surface area (TPSA) is 59.8 Å². The fourth-order valence-electron chi connectivity index (χ4n) is 3.18. The van der Waals surface area contributed by atoms with Gasteiger partial charge in [-0.25, -0.2) is 0 Å². The lowest BCUT2D eigenvalue weighted by Crippen LogP contribution is -2.13. The Morgan fingerprint density at radius 1 is 1.04 bits per heavy atom. The van der Waals surface area contributed by atoms with Crippen LogP contribution in [-0.4, -0.2) is 20.1 Å². The summed E-state index contributed by atoms with van der Waals surface area (Å²) >= 11 is 1.32. The normalized spacial score (nSPS) is 10.7. The highest BCUT2D eigenvalue weighted by atomic mass is 32.1. The van der Waals surface area contributed by atoms with Crippen LogP contribution < -0.4 is 5.32 Å². The van der Waals surface area contributed by atoms with Crippen LogP contribution in [-0.2, 0) is 0 Å². The van der Waals surface area contributed by atoms with Gasteiger partial charge in [0.1, 0.15) is 5.69 Å². The summed E-state index contributed by atoms with van der Waals surface area (Å²) in [7, 11) is 0. The first kappa shape index (κ1) is 17.2. The van der Waals surface area contributed by atoms with E-state index in [-0.39, 0.29) is 5.91 Å². The minimum Gasteiger partial charge on any atom is -0.322 e. The van der Waals surface area contributed by atoms with Crippen molar-refractivity contribution in [2.45, 2.75) is 13.8 Å². The maximum Gasteiger partial charge on any atom is 0.257 e. The van der Waals surface area contributed by atoms with Crippen LogP contribution >= 0.6 is 11.5 Å². The Morgan fingerprint density at radius 2 is 1.78 bits per heavy atom. The van der Waals surface area contributed by atoms with Crippen molar-refractivity contribution in [2.24, 2.45) is 0 Å². The van der Waals surface area contributed by atoms with Gasteiger partial charge in [-0.15, -0.1) is 5.10 Å². The Bertz CT molecular complexity index is 1070. The third kappa shape index (κ3) is 3.39. The average molecular weight is 374 g/mol. The van der Waals surface area contributed by atoms with Gasteiger partial charge in [-0.2, -0.15) is 0 Å². The Hall–Kier alpha value is -3.25. The summed E-state index contributed by atoms with van der Waals surface area (Å²) in [6.45, 7) is 3.97. The maximum absolute atomic E-state index is 12.8. The summed E-state index contributed by atoms with van der Waals surface area (Å²) in [5.41, 5.74) is 6.22. The van der Waals surface area contributed by atoms with Crippen LogP contribution in [0.3, 0.4) is 0 Å². The predicted octanol–water partition coefficient (Wildman–Crippen LogP) is 4.86. The maximum atomic E-state index is 12.8. The molecule has 0 fully saturated rings. The highest BCUT2D eigenvalue weighted by molar-refractivity contribution is 7.03. The summed E-state index contributed by atoms with van der Waals surface area (Å²) < 4.78 is 5.96. The molecule has 1 N–H and O–H groups in total. The van der Waals surface area contributed by atoms with Gasteiger partial charge in [0.05, 0.1) is 5.56 Å². The first-order chi connectivity index (χ1) is 13.1. The van der Waals surface area contributed by atoms with E-state index in [2.05, 4.69) is 19.5 Å². The van der Waals surface area contributed by atoms with E-state index in [1.54, 1.807) is 0 Å². The lowest BCUT2D eigenvalue weighted by Gasteiger charge is -2.10. The molecule has 4 aromatic rings. The smallest absolute Gasteiger partial charge is 0.257 e. The molecular formula is C21H18N4OS. The van der Waals surface area contributed by atoms with Crippen LogP contribution in [0.4, 0.5) is 5.69 Å². The van der Waals surface area contributed by atoms with E-state index in [0.717, 1.165) is 34.0 Å². The van der Waals surface area contributed by atoms with Gasteiger partial charge in [0, 0.05) is 33.7 Å². The van der Waals surface area contributed by atoms with E-state index >= 15 is 0 Å². The van der Waals surface area contributed by atoms with Gasteiger partial charge < -0.3 is 9.88 Å². The predicted molar refractivity (Wildman–Crippen MR) is 109 cm³/mol. The monoisotopic (exact) mass is 374 g/mol. The zero-order chi connectivity index (χ0) is 18.8. The number of nitrogens with one attached hydrogen (secondary N) is 1. The van der Waals surface area contributed by atoms with Crippen LogP contribution in [0.25, 0.3) is 16.9 Å². The van der Waals surface area contributed by atoms with Crippen LogP contribution in [0, 0.1) is 13.8 Å². The molecule has 4 rings (SSSR count). The minimum absolute atomic E-state index is 0.117. The van der Waals surface area contributed by atoms with Crippen LogP contribution in [0.15, 0.2) is 66.0 Å². The number of carbonyl (C=O) groups is 1. The Balaban J connectivity index is 1.57. The lowest BCUT2D eigenvalue weighted by atomic mass is 10.1. The molecule has 2 aromatic carbocycles. The third-order valence-corrected chi connectivity index (χ3v) is 4.99. The third-order valence-electron chi connectivity index (χ3n) is 4.49. The molecule has 0 atom stereocenters. The molecule has 134 valence electrons. The molecule has 0 aliphatic rings. The second kappa shape index (κ2) is 7.17. The Kier molecular flexibility index (Phi) is 4.56. The van der Waals surface area contributed by atoms with Crippen molar-refractivity contribution in [3.63, 3.8) is 0 Å². The molecule has 0 unspecified atom stereocenters. The lowest BCUT2D eigenvalue weighted by molar-refractivity contribution is 0.102. The fraction of sp³-hybridized carbons (Fsp3) is 0.0952. The van der Waals surface area contributed by atoms with Crippen molar-refractivity contribution in [1.29, 1.82) is 0 Å². The van der Waals surface area contributed by atoms with Crippen molar-refractivity contribution in [1.82, 2.24) is 14.2 Å². The molecule has 0 bridgehead atoms. The zero-order valence-electron chi connectivity index (χ0n) is 15.0. The molecule has 0 saturated carbocycles. The van der Waals surface area contributed by atoms with E-state index < -0.39 is 0 Å². The quantitative estimate of drug-likeness (QED) is 0.555. The van der Waals surface area contributed by atoms with Crippen molar-refractivity contribution in [3.8, 4) is 16.9 Å². The van der Waals surface area contributed by atoms with E-state index in [1.807, 2.05) is 79.9 Å². The van der Waals surface area contributed by atoms with Gasteiger partial charge in [-0.05, 0) is 55.7 Å². The number of hydrogen-bond acceptors (Lipinski definition) is 4. The summed E-state index contributed by atoms with van der Waals surface area (Å²) in [6, 6.07) is 19.6. The summed E-state index contributed by atoms with van der Waals surface area (Å²) in [6.07, 6.45) is 0. The van der Waals surface area contributed by atoms with E-state index in [9.17, 15) is 4.79 Å². The molecule has 2 aromatic heterocycles. The average Bonchev–Trinajstić information content (AvgIpc) is 3.31. The molecule has 0 aliphatic carbocycles. The number of aromatic nitrogens is 3. The fourth-order valence-corrected chi connectivity index (χ4v) is 3.65. The first-order valence-corrected chi connectivity index (χ1v) is 9.40. The summed E-state index contributed by atoms with van der Waals surface area (Å²) in [4.78, 5) is 12.8. The molecule has 0 saturated heterocycles. The molecule has 0 radical (unpaired) electrons. The zero-order valence-corrected chi connectivity index (χ0v) is 15.8. The van der Waals surface area contributed by atoms with E-state index in [4.69, 9.17) is 0 Å². The molecule has 1 amide bonds. The first-order valence-electron chi connectivity index (χ1n) is 8.56. The molecule has 0 spiro atoms. The Labute approximate surface area is 161 Å². The van der Waals surface area contributed by atoms with Gasteiger partial charge in [-0.1, -0.05) is 34.8 Å². The molecular weight excluding hydrogens is 356 g/mol. The van der Waals surface area contributed by atoms with Crippen molar-refractivity contribution in [2.75, 3.05) is 5.32 Å². The summed E-state index contributed by atoms with van der Waals surface area (Å²) in [5.74, 6) is -0.117. The minimum atomic E-state index is -0.117. The number of carbonyl (C=O) groups excluding carboxylic acids is 1. The highest BCUT2D eigenvalue weighted by Gasteiger charge is 2.16. The molecule has 2 heterocycles. The highest BCUT2D eigenvalue weighted by Crippen LogP contribution is 2.23. The van der Waals surface area contributed by atoms with Crippen LogP contribution in [0.2, 0.25) is 0 Å².